The molecular formula is C31H43NO4Si. The quantitative estimate of drug-likeness (QED) is 0.152. The van der Waals surface area contributed by atoms with Gasteiger partial charge in [0.25, 0.3) is 0 Å². The van der Waals surface area contributed by atoms with Crippen LogP contribution < -0.4 is 14.8 Å². The van der Waals surface area contributed by atoms with E-state index < -0.39 is 8.32 Å². The van der Waals surface area contributed by atoms with Crippen molar-refractivity contribution in [2.45, 2.75) is 58.7 Å². The van der Waals surface area contributed by atoms with Crippen LogP contribution in [-0.2, 0) is 15.8 Å². The first-order valence-corrected chi connectivity index (χ1v) is 15.9. The van der Waals surface area contributed by atoms with E-state index in [2.05, 4.69) is 81.6 Å². The fourth-order valence-corrected chi connectivity index (χ4v) is 4.81. The maximum Gasteiger partial charge on any atom is 0.192 e. The highest BCUT2D eigenvalue weighted by Gasteiger charge is 2.36. The minimum atomic E-state index is -1.74. The summed E-state index contributed by atoms with van der Waals surface area (Å²) < 4.78 is 23.2. The van der Waals surface area contributed by atoms with E-state index in [9.17, 15) is 0 Å². The summed E-state index contributed by atoms with van der Waals surface area (Å²) in [6, 6.07) is 22.9. The predicted octanol–water partition coefficient (Wildman–Crippen LogP) is 7.51. The van der Waals surface area contributed by atoms with Gasteiger partial charge >= 0.3 is 0 Å². The topological polar surface area (TPSA) is 49.0 Å². The molecular weight excluding hydrogens is 478 g/mol. The Morgan fingerprint density at radius 2 is 1.32 bits per heavy atom. The van der Waals surface area contributed by atoms with Crippen LogP contribution in [0.2, 0.25) is 18.1 Å². The largest absolute Gasteiger partial charge is 0.497 e. The monoisotopic (exact) mass is 521 g/mol. The van der Waals surface area contributed by atoms with Crippen molar-refractivity contribution in [3.8, 4) is 33.8 Å². The van der Waals surface area contributed by atoms with Gasteiger partial charge in [0.15, 0.2) is 8.32 Å². The van der Waals surface area contributed by atoms with E-state index in [0.717, 1.165) is 45.9 Å². The molecule has 0 radical (unpaired) electrons. The van der Waals surface area contributed by atoms with E-state index in [1.807, 2.05) is 31.2 Å². The second-order valence-corrected chi connectivity index (χ2v) is 15.7. The minimum Gasteiger partial charge on any atom is -0.497 e. The first-order chi connectivity index (χ1) is 17.5. The molecule has 1 unspecified atom stereocenters. The highest BCUT2D eigenvalue weighted by Crippen LogP contribution is 2.36. The Morgan fingerprint density at radius 1 is 0.784 bits per heavy atom. The van der Waals surface area contributed by atoms with Crippen molar-refractivity contribution in [1.29, 1.82) is 0 Å². The highest BCUT2D eigenvalue weighted by molar-refractivity contribution is 6.74. The Bertz CT molecular complexity index is 1120. The molecule has 0 aromatic heterocycles. The van der Waals surface area contributed by atoms with Crippen molar-refractivity contribution in [3.05, 3.63) is 72.3 Å². The molecule has 0 fully saturated rings. The van der Waals surface area contributed by atoms with Gasteiger partial charge in [-0.2, -0.15) is 0 Å². The van der Waals surface area contributed by atoms with Crippen LogP contribution >= 0.6 is 0 Å². The average molecular weight is 522 g/mol. The summed E-state index contributed by atoms with van der Waals surface area (Å²) in [5.74, 6) is 1.69. The number of ether oxygens (including phenoxy) is 3. The fraction of sp³-hybridized carbons (Fsp3) is 0.419. The van der Waals surface area contributed by atoms with E-state index in [1.165, 1.54) is 0 Å². The van der Waals surface area contributed by atoms with Gasteiger partial charge in [0.05, 0.1) is 20.8 Å². The Morgan fingerprint density at radius 3 is 1.86 bits per heavy atom. The molecule has 0 aliphatic rings. The van der Waals surface area contributed by atoms with Crippen LogP contribution in [0.25, 0.3) is 22.3 Å². The van der Waals surface area contributed by atoms with E-state index in [0.29, 0.717) is 13.2 Å². The highest BCUT2D eigenvalue weighted by atomic mass is 28.4. The second kappa shape index (κ2) is 12.7. The standard InChI is InChI=1S/C31H43NO4Si/c1-23(32-19-20-36-37(7,8)31(2,3)4)35-22-27-10-9-26(24-11-15-28(33-5)16-12-24)21-30(27)25-13-17-29(34-6)18-14-25/h9-18,21,23,32H,19-20,22H2,1-8H3. The third kappa shape index (κ3) is 7.92. The lowest BCUT2D eigenvalue weighted by Crippen LogP contribution is -2.43. The molecule has 0 heterocycles. The van der Waals surface area contributed by atoms with Crippen LogP contribution in [0.4, 0.5) is 0 Å². The maximum atomic E-state index is 6.28. The zero-order valence-electron chi connectivity index (χ0n) is 23.7. The summed E-state index contributed by atoms with van der Waals surface area (Å²) in [4.78, 5) is 0. The summed E-state index contributed by atoms with van der Waals surface area (Å²) in [6.45, 7) is 15.3. The van der Waals surface area contributed by atoms with Crippen LogP contribution in [0.3, 0.4) is 0 Å². The second-order valence-electron chi connectivity index (χ2n) is 10.8. The van der Waals surface area contributed by atoms with E-state index in [1.54, 1.807) is 14.2 Å². The molecule has 3 rings (SSSR count). The van der Waals surface area contributed by atoms with Crippen molar-refractivity contribution in [2.24, 2.45) is 0 Å². The number of methoxy groups -OCH3 is 2. The first kappa shape index (κ1) is 28.9. The molecule has 6 heteroatoms. The number of benzene rings is 3. The molecule has 3 aromatic rings. The number of hydrogen-bond donors (Lipinski definition) is 1. The lowest BCUT2D eigenvalue weighted by atomic mass is 9.94. The number of hydrogen-bond acceptors (Lipinski definition) is 5. The minimum absolute atomic E-state index is 0.0898. The molecule has 0 saturated carbocycles. The summed E-state index contributed by atoms with van der Waals surface area (Å²) >= 11 is 0. The summed E-state index contributed by atoms with van der Waals surface area (Å²) in [5, 5.41) is 3.66. The maximum absolute atomic E-state index is 6.28. The lowest BCUT2D eigenvalue weighted by molar-refractivity contribution is 0.0283. The van der Waals surface area contributed by atoms with E-state index in [-0.39, 0.29) is 11.3 Å². The molecule has 200 valence electrons. The summed E-state index contributed by atoms with van der Waals surface area (Å²) in [7, 11) is 1.63. The Labute approximate surface area is 224 Å². The molecule has 0 bridgehead atoms. The zero-order chi connectivity index (χ0) is 27.1. The van der Waals surface area contributed by atoms with Gasteiger partial charge in [-0.15, -0.1) is 0 Å². The van der Waals surface area contributed by atoms with Crippen LogP contribution in [0.15, 0.2) is 66.7 Å². The summed E-state index contributed by atoms with van der Waals surface area (Å²) in [5.41, 5.74) is 5.68. The van der Waals surface area contributed by atoms with Crippen LogP contribution in [-0.4, -0.2) is 41.9 Å². The normalized spacial score (nSPS) is 12.9. The van der Waals surface area contributed by atoms with Crippen LogP contribution in [0.1, 0.15) is 33.3 Å². The average Bonchev–Trinajstić information content (AvgIpc) is 2.89. The van der Waals surface area contributed by atoms with Gasteiger partial charge in [-0.25, -0.2) is 0 Å². The molecule has 3 aromatic carbocycles. The SMILES string of the molecule is COc1ccc(-c2ccc(COC(C)NCCO[Si](C)(C)C(C)(C)C)c(-c3ccc(OC)cc3)c2)cc1. The van der Waals surface area contributed by atoms with Gasteiger partial charge in [-0.3, -0.25) is 5.32 Å². The van der Waals surface area contributed by atoms with Gasteiger partial charge in [0.1, 0.15) is 17.7 Å². The molecule has 37 heavy (non-hydrogen) atoms. The van der Waals surface area contributed by atoms with Gasteiger partial charge in [-0.05, 0) is 83.2 Å². The Hall–Kier alpha value is -2.64. The van der Waals surface area contributed by atoms with Gasteiger partial charge < -0.3 is 18.6 Å². The number of nitrogens with one attached hydrogen (secondary N) is 1. The van der Waals surface area contributed by atoms with Crippen molar-refractivity contribution in [1.82, 2.24) is 5.32 Å². The van der Waals surface area contributed by atoms with Crippen molar-refractivity contribution in [3.63, 3.8) is 0 Å². The van der Waals surface area contributed by atoms with Gasteiger partial charge in [0, 0.05) is 13.2 Å². The van der Waals surface area contributed by atoms with E-state index >= 15 is 0 Å². The molecule has 1 atom stereocenters. The van der Waals surface area contributed by atoms with Crippen molar-refractivity contribution in [2.75, 3.05) is 27.4 Å². The summed E-state index contributed by atoms with van der Waals surface area (Å²) in [6.07, 6.45) is -0.0898. The lowest BCUT2D eigenvalue weighted by Gasteiger charge is -2.36. The molecule has 0 saturated heterocycles. The van der Waals surface area contributed by atoms with Crippen molar-refractivity contribution < 1.29 is 18.6 Å². The zero-order valence-corrected chi connectivity index (χ0v) is 24.7. The molecule has 5 nitrogen and oxygen atoms in total. The smallest absolute Gasteiger partial charge is 0.192 e. The predicted molar refractivity (Wildman–Crippen MR) is 156 cm³/mol. The molecule has 0 spiro atoms. The fourth-order valence-electron chi connectivity index (χ4n) is 3.76. The third-order valence-corrected chi connectivity index (χ3v) is 11.8. The third-order valence-electron chi connectivity index (χ3n) is 7.23. The van der Waals surface area contributed by atoms with Gasteiger partial charge in [-0.1, -0.05) is 57.2 Å². The van der Waals surface area contributed by atoms with Crippen LogP contribution in [0, 0.1) is 0 Å². The van der Waals surface area contributed by atoms with Crippen molar-refractivity contribution >= 4 is 8.32 Å². The first-order valence-electron chi connectivity index (χ1n) is 12.9. The van der Waals surface area contributed by atoms with E-state index in [4.69, 9.17) is 18.6 Å². The molecule has 1 N–H and O–H groups in total. The van der Waals surface area contributed by atoms with Crippen LogP contribution in [0.5, 0.6) is 11.5 Å². The van der Waals surface area contributed by atoms with Gasteiger partial charge in [0.2, 0.25) is 0 Å². The molecule has 0 amide bonds. The molecule has 0 aliphatic heterocycles. The number of rotatable bonds is 12. The Kier molecular flexibility index (Phi) is 9.96. The Balaban J connectivity index is 1.71. The molecule has 0 aliphatic carbocycles.